The maximum absolute atomic E-state index is 11.7. The van der Waals surface area contributed by atoms with Crippen molar-refractivity contribution in [1.82, 2.24) is 4.98 Å². The lowest BCUT2D eigenvalue weighted by Gasteiger charge is -2.09. The van der Waals surface area contributed by atoms with Crippen molar-refractivity contribution in [1.29, 1.82) is 0 Å². The van der Waals surface area contributed by atoms with Crippen LogP contribution in [0.1, 0.15) is 17.5 Å². The fraction of sp³-hybridized carbons (Fsp3) is 0.182. The molecule has 0 aliphatic heterocycles. The van der Waals surface area contributed by atoms with Gasteiger partial charge in [0.05, 0.1) is 0 Å². The molecule has 2 nitrogen and oxygen atoms in total. The molecule has 0 saturated heterocycles. The smallest absolute Gasteiger partial charge is 0.256 e. The Morgan fingerprint density at radius 3 is 3.29 bits per heavy atom. The van der Waals surface area contributed by atoms with Gasteiger partial charge in [-0.3, -0.25) is 4.79 Å². The second kappa shape index (κ2) is 2.82. The van der Waals surface area contributed by atoms with E-state index in [0.717, 1.165) is 23.2 Å². The van der Waals surface area contributed by atoms with Gasteiger partial charge in [-0.15, -0.1) is 11.3 Å². The van der Waals surface area contributed by atoms with E-state index >= 15 is 0 Å². The van der Waals surface area contributed by atoms with Crippen LogP contribution >= 0.6 is 11.3 Å². The fourth-order valence-corrected chi connectivity index (χ4v) is 2.78. The molecule has 14 heavy (non-hydrogen) atoms. The zero-order valence-electron chi connectivity index (χ0n) is 7.54. The third kappa shape index (κ3) is 0.990. The highest BCUT2D eigenvalue weighted by molar-refractivity contribution is 7.16. The Morgan fingerprint density at radius 1 is 1.43 bits per heavy atom. The van der Waals surface area contributed by atoms with E-state index in [1.165, 1.54) is 10.9 Å². The van der Waals surface area contributed by atoms with Gasteiger partial charge in [-0.05, 0) is 29.9 Å². The average Bonchev–Trinajstić information content (AvgIpc) is 2.66. The van der Waals surface area contributed by atoms with Crippen LogP contribution in [-0.2, 0) is 6.42 Å². The van der Waals surface area contributed by atoms with E-state index in [0.29, 0.717) is 0 Å². The lowest BCUT2D eigenvalue weighted by Crippen LogP contribution is -2.13. The summed E-state index contributed by atoms with van der Waals surface area (Å²) in [5, 5.41) is 3.24. The molecule has 70 valence electrons. The van der Waals surface area contributed by atoms with Gasteiger partial charge in [0.25, 0.3) is 5.56 Å². The van der Waals surface area contributed by atoms with Crippen LogP contribution in [0, 0.1) is 0 Å². The number of aryl methyl sites for hydroxylation is 1. The second-order valence-corrected chi connectivity index (χ2v) is 4.37. The molecule has 0 unspecified atom stereocenters. The molecular formula is C11H9NOS. The molecule has 1 aliphatic rings. The van der Waals surface area contributed by atoms with Gasteiger partial charge >= 0.3 is 0 Å². The first-order valence-corrected chi connectivity index (χ1v) is 5.53. The van der Waals surface area contributed by atoms with Crippen molar-refractivity contribution in [2.75, 3.05) is 0 Å². The minimum atomic E-state index is 0.0471. The Balaban J connectivity index is 2.52. The molecule has 0 bridgehead atoms. The Labute approximate surface area is 84.9 Å². The molecule has 0 spiro atoms. The molecular weight excluding hydrogens is 194 g/mol. The molecule has 2 aromatic heterocycles. The minimum absolute atomic E-state index is 0.0471. The van der Waals surface area contributed by atoms with Gasteiger partial charge in [0.1, 0.15) is 4.83 Å². The molecule has 0 atom stereocenters. The Morgan fingerprint density at radius 2 is 2.36 bits per heavy atom. The van der Waals surface area contributed by atoms with E-state index in [2.05, 4.69) is 17.1 Å². The monoisotopic (exact) mass is 203 g/mol. The highest BCUT2D eigenvalue weighted by Gasteiger charge is 2.12. The van der Waals surface area contributed by atoms with Crippen molar-refractivity contribution in [2.45, 2.75) is 12.8 Å². The van der Waals surface area contributed by atoms with Gasteiger partial charge in [-0.1, -0.05) is 12.2 Å². The highest BCUT2D eigenvalue weighted by atomic mass is 32.1. The standard InChI is InChI=1S/C11H9NOS/c13-10-8-4-2-1-3-7(8)9-5-6-14-11(9)12-10/h2,4-6H,1,3H2,(H,12,13). The number of aromatic amines is 1. The summed E-state index contributed by atoms with van der Waals surface area (Å²) in [5.74, 6) is 0. The van der Waals surface area contributed by atoms with Gasteiger partial charge < -0.3 is 4.98 Å². The number of fused-ring (bicyclic) bond motifs is 3. The lowest BCUT2D eigenvalue weighted by atomic mass is 9.97. The molecule has 3 rings (SSSR count). The SMILES string of the molecule is O=c1[nH]c2sccc2c2c1C=CCC2. The van der Waals surface area contributed by atoms with Gasteiger partial charge in [0.2, 0.25) is 0 Å². The van der Waals surface area contributed by atoms with Gasteiger partial charge in [0.15, 0.2) is 0 Å². The van der Waals surface area contributed by atoms with Gasteiger partial charge in [0, 0.05) is 10.9 Å². The molecule has 0 fully saturated rings. The Kier molecular flexibility index (Phi) is 1.61. The molecule has 0 aromatic carbocycles. The van der Waals surface area contributed by atoms with Crippen LogP contribution in [0.4, 0.5) is 0 Å². The Bertz CT molecular complexity index is 576. The summed E-state index contributed by atoms with van der Waals surface area (Å²) in [7, 11) is 0. The minimum Gasteiger partial charge on any atom is -0.313 e. The lowest BCUT2D eigenvalue weighted by molar-refractivity contribution is 0.987. The zero-order valence-corrected chi connectivity index (χ0v) is 8.36. The zero-order chi connectivity index (χ0) is 9.54. The summed E-state index contributed by atoms with van der Waals surface area (Å²) < 4.78 is 0. The maximum atomic E-state index is 11.7. The number of thiophene rings is 1. The quantitative estimate of drug-likeness (QED) is 0.701. The molecule has 0 saturated carbocycles. The molecule has 1 aliphatic carbocycles. The van der Waals surface area contributed by atoms with Crippen LogP contribution in [0.15, 0.2) is 22.3 Å². The summed E-state index contributed by atoms with van der Waals surface area (Å²) in [6.45, 7) is 0. The topological polar surface area (TPSA) is 32.9 Å². The number of nitrogens with one attached hydrogen (secondary N) is 1. The van der Waals surface area contributed by atoms with E-state index in [9.17, 15) is 4.79 Å². The molecule has 0 amide bonds. The number of rotatable bonds is 0. The third-order valence-electron chi connectivity index (χ3n) is 2.63. The average molecular weight is 203 g/mol. The molecule has 3 heteroatoms. The van der Waals surface area contributed by atoms with Crippen molar-refractivity contribution in [3.63, 3.8) is 0 Å². The van der Waals surface area contributed by atoms with Crippen LogP contribution < -0.4 is 5.56 Å². The molecule has 2 aromatic rings. The van der Waals surface area contributed by atoms with E-state index < -0.39 is 0 Å². The van der Waals surface area contributed by atoms with Crippen molar-refractivity contribution in [2.24, 2.45) is 0 Å². The number of hydrogen-bond acceptors (Lipinski definition) is 2. The van der Waals surface area contributed by atoms with Crippen LogP contribution in [0.5, 0.6) is 0 Å². The number of hydrogen-bond donors (Lipinski definition) is 1. The van der Waals surface area contributed by atoms with E-state index in [1.54, 1.807) is 11.3 Å². The number of aromatic nitrogens is 1. The first kappa shape index (κ1) is 8.00. The van der Waals surface area contributed by atoms with Crippen LogP contribution in [-0.4, -0.2) is 4.98 Å². The van der Waals surface area contributed by atoms with Crippen LogP contribution in [0.2, 0.25) is 0 Å². The summed E-state index contributed by atoms with van der Waals surface area (Å²) >= 11 is 1.59. The first-order chi connectivity index (χ1) is 6.86. The molecule has 0 radical (unpaired) electrons. The van der Waals surface area contributed by atoms with E-state index in [1.807, 2.05) is 11.5 Å². The van der Waals surface area contributed by atoms with Crippen LogP contribution in [0.25, 0.3) is 16.3 Å². The number of H-pyrrole nitrogens is 1. The Hall–Kier alpha value is -1.35. The van der Waals surface area contributed by atoms with Crippen molar-refractivity contribution in [3.8, 4) is 0 Å². The van der Waals surface area contributed by atoms with Crippen molar-refractivity contribution >= 4 is 27.6 Å². The molecule has 2 heterocycles. The predicted octanol–water partition coefficient (Wildman–Crippen LogP) is 2.55. The van der Waals surface area contributed by atoms with E-state index in [4.69, 9.17) is 0 Å². The highest BCUT2D eigenvalue weighted by Crippen LogP contribution is 2.26. The van der Waals surface area contributed by atoms with Crippen molar-refractivity contribution < 1.29 is 0 Å². The third-order valence-corrected chi connectivity index (χ3v) is 3.46. The summed E-state index contributed by atoms with van der Waals surface area (Å²) in [6.07, 6.45) is 6.04. The number of allylic oxidation sites excluding steroid dienone is 1. The maximum Gasteiger partial charge on any atom is 0.256 e. The summed E-state index contributed by atoms with van der Waals surface area (Å²) in [6, 6.07) is 2.09. The predicted molar refractivity (Wildman–Crippen MR) is 59.8 cm³/mol. The largest absolute Gasteiger partial charge is 0.313 e. The van der Waals surface area contributed by atoms with E-state index in [-0.39, 0.29) is 5.56 Å². The number of pyridine rings is 1. The summed E-state index contributed by atoms with van der Waals surface area (Å²) in [4.78, 5) is 15.6. The van der Waals surface area contributed by atoms with Crippen LogP contribution in [0.3, 0.4) is 0 Å². The normalized spacial score (nSPS) is 14.6. The van der Waals surface area contributed by atoms with Gasteiger partial charge in [-0.2, -0.15) is 0 Å². The second-order valence-electron chi connectivity index (χ2n) is 3.45. The van der Waals surface area contributed by atoms with Gasteiger partial charge in [-0.25, -0.2) is 0 Å². The van der Waals surface area contributed by atoms with Crippen molar-refractivity contribution in [3.05, 3.63) is 39.0 Å². The fourth-order valence-electron chi connectivity index (χ4n) is 1.97. The molecule has 1 N–H and O–H groups in total. The first-order valence-electron chi connectivity index (χ1n) is 4.65. The summed E-state index contributed by atoms with van der Waals surface area (Å²) in [5.41, 5.74) is 2.11.